The van der Waals surface area contributed by atoms with Gasteiger partial charge in [0.05, 0.1) is 7.11 Å². The van der Waals surface area contributed by atoms with Crippen LogP contribution in [0.1, 0.15) is 0 Å². The molecule has 2 unspecified atom stereocenters. The summed E-state index contributed by atoms with van der Waals surface area (Å²) in [6, 6.07) is 0. The van der Waals surface area contributed by atoms with Crippen LogP contribution in [0.3, 0.4) is 0 Å². The summed E-state index contributed by atoms with van der Waals surface area (Å²) in [6.45, 7) is 1.18. The van der Waals surface area contributed by atoms with Crippen molar-refractivity contribution in [3.8, 4) is 0 Å². The van der Waals surface area contributed by atoms with Crippen LogP contribution in [0, 0.1) is 0 Å². The van der Waals surface area contributed by atoms with E-state index in [1.54, 1.807) is 0 Å². The zero-order valence-corrected chi connectivity index (χ0v) is 9.44. The third kappa shape index (κ3) is 5.45. The van der Waals surface area contributed by atoms with Gasteiger partial charge in [0.25, 0.3) is 0 Å². The summed E-state index contributed by atoms with van der Waals surface area (Å²) in [7, 11) is -6.25. The van der Waals surface area contributed by atoms with Crippen LogP contribution in [-0.2, 0) is 17.4 Å². The highest BCUT2D eigenvalue weighted by Gasteiger charge is 2.43. The van der Waals surface area contributed by atoms with E-state index in [-0.39, 0.29) is 0 Å². The zero-order chi connectivity index (χ0) is 9.83. The molecule has 0 aromatic rings. The third-order valence-corrected chi connectivity index (χ3v) is 4.83. The van der Waals surface area contributed by atoms with E-state index in [9.17, 15) is 4.57 Å². The van der Waals surface area contributed by atoms with Crippen LogP contribution in [0.5, 0.6) is 0 Å². The van der Waals surface area contributed by atoms with E-state index in [0.29, 0.717) is 12.0 Å². The van der Waals surface area contributed by atoms with Gasteiger partial charge in [-0.05, 0) is 0 Å². The Balaban J connectivity index is 4.14. The average molecular weight is 237 g/mol. The Labute approximate surface area is 75.6 Å². The lowest BCUT2D eigenvalue weighted by atomic mass is 11.8. The Morgan fingerprint density at radius 1 is 1.58 bits per heavy atom. The highest BCUT2D eigenvalue weighted by Crippen LogP contribution is 2.66. The monoisotopic (exact) mass is 237 g/mol. The Bertz CT molecular complexity index is 184. The Morgan fingerprint density at radius 2 is 2.08 bits per heavy atom. The van der Waals surface area contributed by atoms with Crippen molar-refractivity contribution in [3.05, 3.63) is 0 Å². The number of phosphoric acid groups is 1. The van der Waals surface area contributed by atoms with Gasteiger partial charge in [-0.15, -0.1) is 0 Å². The van der Waals surface area contributed by atoms with Gasteiger partial charge < -0.3 is 0 Å². The van der Waals surface area contributed by atoms with Gasteiger partial charge in [-0.2, -0.15) is 9.42 Å². The average Bonchev–Trinajstić information content (AvgIpc) is 1.85. The smallest absolute Gasteiger partial charge is 0.300 e. The standard InChI is InChI=1S/C3H10O6P2S/c1-7-10(2,4)8-11(5,6)9-12-3/h4H,1-3H3/p+1. The van der Waals surface area contributed by atoms with Crippen LogP contribution in [0.15, 0.2) is 0 Å². The van der Waals surface area contributed by atoms with E-state index in [4.69, 9.17) is 9.79 Å². The molecule has 0 fully saturated rings. The molecule has 0 saturated carbocycles. The van der Waals surface area contributed by atoms with Crippen LogP contribution in [0.25, 0.3) is 0 Å². The van der Waals surface area contributed by atoms with Crippen LogP contribution in [-0.4, -0.2) is 29.8 Å². The molecule has 0 saturated heterocycles. The van der Waals surface area contributed by atoms with E-state index in [1.807, 2.05) is 0 Å². The molecule has 0 rings (SSSR count). The van der Waals surface area contributed by atoms with E-state index in [2.05, 4.69) is 12.8 Å². The Kier molecular flexibility index (Phi) is 5.21. The van der Waals surface area contributed by atoms with E-state index < -0.39 is 15.8 Å². The first-order valence-electron chi connectivity index (χ1n) is 2.74. The lowest BCUT2D eigenvalue weighted by molar-refractivity contribution is 0.244. The highest BCUT2D eigenvalue weighted by atomic mass is 32.2. The summed E-state index contributed by atoms with van der Waals surface area (Å²) in [5.74, 6) is 0. The largest absolute Gasteiger partial charge is 0.522 e. The molecule has 0 aliphatic carbocycles. The molecule has 6 nitrogen and oxygen atoms in total. The lowest BCUT2D eigenvalue weighted by Gasteiger charge is -2.12. The molecule has 0 heterocycles. The highest BCUT2D eigenvalue weighted by molar-refractivity contribution is 7.97. The SMILES string of the molecule is CO[P+](C)(O)OP(=O)(O)OSC. The van der Waals surface area contributed by atoms with Gasteiger partial charge in [-0.3, -0.25) is 4.89 Å². The van der Waals surface area contributed by atoms with Crippen molar-refractivity contribution < 1.29 is 27.2 Å². The van der Waals surface area contributed by atoms with Crippen LogP contribution in [0.4, 0.5) is 0 Å². The van der Waals surface area contributed by atoms with Gasteiger partial charge in [-0.25, -0.2) is 8.54 Å². The number of rotatable bonds is 5. The molecule has 74 valence electrons. The maximum atomic E-state index is 10.9. The molecular weight excluding hydrogens is 226 g/mol. The Hall–Kier alpha value is 0.810. The minimum absolute atomic E-state index is 0.673. The molecular formula is C3H11O6P2S+. The summed E-state index contributed by atoms with van der Waals surface area (Å²) < 4.78 is 23.9. The van der Waals surface area contributed by atoms with Crippen molar-refractivity contribution >= 4 is 27.8 Å². The molecule has 9 heteroatoms. The number of hydrogen-bond acceptors (Lipinski definition) is 6. The van der Waals surface area contributed by atoms with Gasteiger partial charge in [0.1, 0.15) is 6.66 Å². The molecule has 0 aromatic heterocycles. The van der Waals surface area contributed by atoms with Crippen LogP contribution < -0.4 is 0 Å². The predicted octanol–water partition coefficient (Wildman–Crippen LogP) is 1.43. The van der Waals surface area contributed by atoms with Gasteiger partial charge in [0.2, 0.25) is 0 Å². The number of hydrogen-bond donors (Lipinski definition) is 2. The first kappa shape index (κ1) is 12.8. The maximum Gasteiger partial charge on any atom is 0.522 e. The van der Waals surface area contributed by atoms with Gasteiger partial charge in [0.15, 0.2) is 0 Å². The molecule has 0 bridgehead atoms. The molecule has 2 N–H and O–H groups in total. The molecule has 0 radical (unpaired) electrons. The summed E-state index contributed by atoms with van der Waals surface area (Å²) in [5, 5.41) is 0. The van der Waals surface area contributed by atoms with Crippen molar-refractivity contribution in [1.29, 1.82) is 0 Å². The van der Waals surface area contributed by atoms with Crippen LogP contribution >= 0.6 is 27.8 Å². The molecule has 2 atom stereocenters. The first-order chi connectivity index (χ1) is 5.33. The van der Waals surface area contributed by atoms with Gasteiger partial charge >= 0.3 is 15.8 Å². The normalized spacial score (nSPS) is 21.4. The topological polar surface area (TPSA) is 85.2 Å². The Morgan fingerprint density at radius 3 is 2.42 bits per heavy atom. The molecule has 0 aliphatic heterocycles. The van der Waals surface area contributed by atoms with Crippen molar-refractivity contribution in [2.45, 2.75) is 0 Å². The summed E-state index contributed by atoms with van der Waals surface area (Å²) in [5.41, 5.74) is 0. The maximum absolute atomic E-state index is 10.9. The molecule has 12 heavy (non-hydrogen) atoms. The minimum Gasteiger partial charge on any atom is -0.300 e. The fourth-order valence-corrected chi connectivity index (χ4v) is 3.24. The molecule has 0 aromatic carbocycles. The van der Waals surface area contributed by atoms with Crippen molar-refractivity contribution in [2.24, 2.45) is 0 Å². The third-order valence-electron chi connectivity index (χ3n) is 0.762. The van der Waals surface area contributed by atoms with Crippen molar-refractivity contribution in [1.82, 2.24) is 0 Å². The van der Waals surface area contributed by atoms with Crippen molar-refractivity contribution in [2.75, 3.05) is 20.0 Å². The summed E-state index contributed by atoms with van der Waals surface area (Å²) in [6.07, 6.45) is 1.45. The molecule has 0 amide bonds. The zero-order valence-electron chi connectivity index (χ0n) is 6.83. The summed E-state index contributed by atoms with van der Waals surface area (Å²) in [4.78, 5) is 18.0. The fourth-order valence-electron chi connectivity index (χ4n) is 0.333. The van der Waals surface area contributed by atoms with E-state index in [1.165, 1.54) is 20.0 Å². The quantitative estimate of drug-likeness (QED) is 0.552. The fraction of sp³-hybridized carbons (Fsp3) is 1.00. The van der Waals surface area contributed by atoms with Gasteiger partial charge in [-0.1, -0.05) is 4.31 Å². The lowest BCUT2D eigenvalue weighted by Crippen LogP contribution is -1.96. The molecule has 0 aliphatic rings. The first-order valence-corrected chi connectivity index (χ1v) is 7.41. The predicted molar refractivity (Wildman–Crippen MR) is 47.6 cm³/mol. The second-order valence-corrected chi connectivity index (χ2v) is 6.27. The second-order valence-electron chi connectivity index (χ2n) is 1.78. The van der Waals surface area contributed by atoms with Gasteiger partial charge in [0, 0.05) is 18.3 Å². The molecule has 0 spiro atoms. The van der Waals surface area contributed by atoms with Crippen LogP contribution in [0.2, 0.25) is 0 Å². The summed E-state index contributed by atoms with van der Waals surface area (Å²) >= 11 is 0.673. The van der Waals surface area contributed by atoms with E-state index in [0.717, 1.165) is 0 Å². The van der Waals surface area contributed by atoms with E-state index >= 15 is 0 Å². The second kappa shape index (κ2) is 4.88. The van der Waals surface area contributed by atoms with Crippen molar-refractivity contribution in [3.63, 3.8) is 0 Å². The minimum atomic E-state index is -4.19.